The minimum absolute atomic E-state index is 0.204. The monoisotopic (exact) mass is 272 g/mol. The van der Waals surface area contributed by atoms with E-state index < -0.39 is 23.7 Å². The molecule has 1 heterocycles. The quantitative estimate of drug-likeness (QED) is 0.400. The topological polar surface area (TPSA) is 73.2 Å². The average molecular weight is 274 g/mol. The molecule has 2 fully saturated rings. The van der Waals surface area contributed by atoms with E-state index in [4.69, 9.17) is 16.3 Å². The first kappa shape index (κ1) is 10.1. The van der Waals surface area contributed by atoms with Crippen LogP contribution in [0.15, 0.2) is 0 Å². The van der Waals surface area contributed by atoms with Crippen molar-refractivity contribution in [1.82, 2.24) is 0 Å². The van der Waals surface area contributed by atoms with Gasteiger partial charge >= 0.3 is 0 Å². The largest absolute Gasteiger partial charge is 0.389 e. The zero-order valence-electron chi connectivity index (χ0n) is 6.55. The summed E-state index contributed by atoms with van der Waals surface area (Å²) in [6.45, 7) is 0. The lowest BCUT2D eigenvalue weighted by Gasteiger charge is -2.24. The molecular formula is C7H10BrClO4. The second-order valence-corrected chi connectivity index (χ2v) is 4.99. The van der Waals surface area contributed by atoms with Crippen LogP contribution in [-0.4, -0.2) is 56.0 Å². The van der Waals surface area contributed by atoms with E-state index in [9.17, 15) is 15.3 Å². The lowest BCUT2D eigenvalue weighted by atomic mass is 10.1. The van der Waals surface area contributed by atoms with Crippen LogP contribution in [0.25, 0.3) is 0 Å². The van der Waals surface area contributed by atoms with Gasteiger partial charge in [-0.05, 0) is 0 Å². The Morgan fingerprint density at radius 2 is 1.62 bits per heavy atom. The summed E-state index contributed by atoms with van der Waals surface area (Å²) in [6.07, 6.45) is -3.89. The molecule has 0 unspecified atom stereocenters. The van der Waals surface area contributed by atoms with Gasteiger partial charge in [-0.3, -0.25) is 0 Å². The molecule has 2 rings (SSSR count). The van der Waals surface area contributed by atoms with Crippen LogP contribution in [0.4, 0.5) is 0 Å². The van der Waals surface area contributed by atoms with Crippen molar-refractivity contribution < 1.29 is 20.1 Å². The second-order valence-electron chi connectivity index (χ2n) is 3.43. The SMILES string of the molecule is O[C@H]1[C@@H](O)[C@H](Cl)[C@H]2O[C@H]2[C@H](Br)[C@H]1O. The minimum Gasteiger partial charge on any atom is -0.389 e. The number of hydrogen-bond acceptors (Lipinski definition) is 4. The molecular weight excluding hydrogens is 263 g/mol. The van der Waals surface area contributed by atoms with Crippen molar-refractivity contribution >= 4 is 27.5 Å². The van der Waals surface area contributed by atoms with Gasteiger partial charge in [-0.15, -0.1) is 11.6 Å². The van der Waals surface area contributed by atoms with E-state index in [1.165, 1.54) is 0 Å². The number of aliphatic hydroxyl groups is 3. The highest BCUT2D eigenvalue weighted by Crippen LogP contribution is 2.41. The molecule has 0 aromatic heterocycles. The zero-order chi connectivity index (χ0) is 9.75. The fourth-order valence-electron chi connectivity index (χ4n) is 1.62. The Morgan fingerprint density at radius 3 is 2.23 bits per heavy atom. The van der Waals surface area contributed by atoms with Gasteiger partial charge in [0.1, 0.15) is 24.4 Å². The van der Waals surface area contributed by atoms with Crippen molar-refractivity contribution in [2.45, 2.75) is 40.7 Å². The van der Waals surface area contributed by atoms with Crippen LogP contribution in [0.5, 0.6) is 0 Å². The highest BCUT2D eigenvalue weighted by molar-refractivity contribution is 9.09. The number of alkyl halides is 2. The second kappa shape index (κ2) is 3.32. The van der Waals surface area contributed by atoms with Crippen molar-refractivity contribution in [3.8, 4) is 0 Å². The standard InChI is InChI=1S/C7H10BrClO4/c8-1-3(10)5(12)4(11)2(9)7-6(1)13-7/h1-7,10-12H/t1-,2+,3-,4+,5-,6+,7-/m1/s1. The summed E-state index contributed by atoms with van der Waals surface area (Å²) in [5, 5.41) is 27.8. The molecule has 6 heteroatoms. The van der Waals surface area contributed by atoms with E-state index >= 15 is 0 Å². The van der Waals surface area contributed by atoms with Crippen molar-refractivity contribution in [1.29, 1.82) is 0 Å². The third-order valence-corrected chi connectivity index (χ3v) is 4.11. The summed E-state index contributed by atoms with van der Waals surface area (Å²) < 4.78 is 5.16. The highest BCUT2D eigenvalue weighted by atomic mass is 79.9. The normalized spacial score (nSPS) is 61.2. The Balaban J connectivity index is 2.19. The van der Waals surface area contributed by atoms with Gasteiger partial charge in [-0.25, -0.2) is 0 Å². The molecule has 3 N–H and O–H groups in total. The molecule has 1 saturated heterocycles. The van der Waals surface area contributed by atoms with Crippen molar-refractivity contribution in [2.24, 2.45) is 0 Å². The van der Waals surface area contributed by atoms with Crippen LogP contribution in [-0.2, 0) is 4.74 Å². The van der Waals surface area contributed by atoms with Crippen LogP contribution in [0.1, 0.15) is 0 Å². The molecule has 1 aliphatic carbocycles. The Labute approximate surface area is 88.6 Å². The minimum atomic E-state index is -1.22. The summed E-state index contributed by atoms with van der Waals surface area (Å²) in [5.41, 5.74) is 0. The Bertz CT molecular complexity index is 193. The number of hydrogen-bond donors (Lipinski definition) is 3. The van der Waals surface area contributed by atoms with E-state index in [2.05, 4.69) is 15.9 Å². The van der Waals surface area contributed by atoms with Gasteiger partial charge in [0.25, 0.3) is 0 Å². The number of aliphatic hydroxyl groups excluding tert-OH is 3. The lowest BCUT2D eigenvalue weighted by Crippen LogP contribution is -2.45. The molecule has 1 saturated carbocycles. The molecule has 0 radical (unpaired) electrons. The van der Waals surface area contributed by atoms with Crippen LogP contribution < -0.4 is 0 Å². The van der Waals surface area contributed by atoms with Gasteiger partial charge in [0.05, 0.1) is 16.3 Å². The number of halogens is 2. The van der Waals surface area contributed by atoms with Crippen molar-refractivity contribution in [2.75, 3.05) is 0 Å². The van der Waals surface area contributed by atoms with Crippen molar-refractivity contribution in [3.05, 3.63) is 0 Å². The van der Waals surface area contributed by atoms with Gasteiger partial charge in [0, 0.05) is 0 Å². The summed E-state index contributed by atoms with van der Waals surface area (Å²) in [7, 11) is 0. The summed E-state index contributed by atoms with van der Waals surface area (Å²) in [6, 6.07) is 0. The predicted molar refractivity (Wildman–Crippen MR) is 49.0 cm³/mol. The molecule has 0 aromatic rings. The number of rotatable bonds is 0. The summed E-state index contributed by atoms with van der Waals surface area (Å²) in [4.78, 5) is -0.370. The van der Waals surface area contributed by atoms with Crippen LogP contribution in [0.2, 0.25) is 0 Å². The van der Waals surface area contributed by atoms with E-state index in [-0.39, 0.29) is 17.0 Å². The molecule has 1 aliphatic heterocycles. The maximum absolute atomic E-state index is 9.52. The Kier molecular flexibility index (Phi) is 2.59. The maximum Gasteiger partial charge on any atom is 0.108 e. The smallest absolute Gasteiger partial charge is 0.108 e. The molecule has 0 amide bonds. The van der Waals surface area contributed by atoms with E-state index in [1.807, 2.05) is 0 Å². The predicted octanol–water partition coefficient (Wildman–Crippen LogP) is -0.779. The Hall–Kier alpha value is 0.610. The van der Waals surface area contributed by atoms with E-state index in [1.54, 1.807) is 0 Å². The van der Waals surface area contributed by atoms with Crippen LogP contribution >= 0.6 is 27.5 Å². The van der Waals surface area contributed by atoms with E-state index in [0.717, 1.165) is 0 Å². The first-order valence-corrected chi connectivity index (χ1v) is 5.37. The number of fused-ring (bicyclic) bond motifs is 1. The van der Waals surface area contributed by atoms with Crippen molar-refractivity contribution in [3.63, 3.8) is 0 Å². The third-order valence-electron chi connectivity index (χ3n) is 2.54. The zero-order valence-corrected chi connectivity index (χ0v) is 8.89. The molecule has 4 nitrogen and oxygen atoms in total. The summed E-state index contributed by atoms with van der Waals surface area (Å²) >= 11 is 9.02. The third kappa shape index (κ3) is 1.52. The first-order chi connectivity index (χ1) is 6.04. The van der Waals surface area contributed by atoms with Gasteiger partial charge in [0.15, 0.2) is 0 Å². The molecule has 2 aliphatic rings. The van der Waals surface area contributed by atoms with Crippen LogP contribution in [0.3, 0.4) is 0 Å². The molecule has 76 valence electrons. The molecule has 13 heavy (non-hydrogen) atoms. The Morgan fingerprint density at radius 1 is 1.00 bits per heavy atom. The maximum atomic E-state index is 9.52. The van der Waals surface area contributed by atoms with Gasteiger partial charge < -0.3 is 20.1 Å². The molecule has 7 atom stereocenters. The fraction of sp³-hybridized carbons (Fsp3) is 1.00. The fourth-order valence-corrected chi connectivity index (χ4v) is 2.71. The van der Waals surface area contributed by atoms with E-state index in [0.29, 0.717) is 0 Å². The van der Waals surface area contributed by atoms with Gasteiger partial charge in [0.2, 0.25) is 0 Å². The molecule has 0 bridgehead atoms. The first-order valence-electron chi connectivity index (χ1n) is 4.02. The molecule has 0 aromatic carbocycles. The number of ether oxygens (including phenoxy) is 1. The molecule has 0 spiro atoms. The van der Waals surface area contributed by atoms with Gasteiger partial charge in [-0.2, -0.15) is 0 Å². The summed E-state index contributed by atoms with van der Waals surface area (Å²) in [5.74, 6) is 0. The van der Waals surface area contributed by atoms with Crippen LogP contribution in [0, 0.1) is 0 Å². The number of epoxide rings is 1. The highest BCUT2D eigenvalue weighted by Gasteiger charge is 2.58. The average Bonchev–Trinajstić information content (AvgIpc) is 2.90. The van der Waals surface area contributed by atoms with Gasteiger partial charge in [-0.1, -0.05) is 15.9 Å². The lowest BCUT2D eigenvalue weighted by molar-refractivity contribution is -0.0611.